The Hall–Kier alpha value is -1.91. The van der Waals surface area contributed by atoms with Crippen LogP contribution >= 0.6 is 35.3 Å². The molecule has 0 aromatic carbocycles. The molecule has 1 aromatic heterocycles. The molecule has 2 fully saturated rings. The zero-order valence-electron chi connectivity index (χ0n) is 17.6. The minimum Gasteiger partial charge on any atom is -0.450 e. The van der Waals surface area contributed by atoms with Crippen LogP contribution in [0.25, 0.3) is 6.08 Å². The van der Waals surface area contributed by atoms with Crippen molar-refractivity contribution in [2.24, 2.45) is 0 Å². The summed E-state index contributed by atoms with van der Waals surface area (Å²) < 4.78 is 5.60. The normalized spacial score (nSPS) is 18.2. The molecule has 0 N–H and O–H groups in total. The maximum absolute atomic E-state index is 12.6. The molecule has 3 amide bonds. The van der Waals surface area contributed by atoms with E-state index < -0.39 is 0 Å². The van der Waals surface area contributed by atoms with E-state index in [0.29, 0.717) is 55.0 Å². The van der Waals surface area contributed by atoms with Crippen LogP contribution in [0.15, 0.2) is 22.4 Å². The van der Waals surface area contributed by atoms with Gasteiger partial charge in [0.15, 0.2) is 0 Å². The molecule has 2 aliphatic heterocycles. The van der Waals surface area contributed by atoms with Gasteiger partial charge in [0.05, 0.1) is 11.5 Å². The molecule has 0 unspecified atom stereocenters. The lowest BCUT2D eigenvalue weighted by molar-refractivity contribution is -0.133. The highest BCUT2D eigenvalue weighted by molar-refractivity contribution is 8.26. The molecule has 0 atom stereocenters. The standard InChI is InChI=1S/C21H27N3O4S3/c1-2-28-20(27)23-12-10-22(11-13-23)18(25)8-4-3-5-9-24-19(26)17(31-21(24)29)15-16-7-6-14-30-16/h6-7,14-15H,2-5,8-13H2,1H3/b17-15+. The summed E-state index contributed by atoms with van der Waals surface area (Å²) in [6, 6.07) is 3.93. The third kappa shape index (κ3) is 6.54. The summed E-state index contributed by atoms with van der Waals surface area (Å²) in [7, 11) is 0. The fourth-order valence-electron chi connectivity index (χ4n) is 3.43. The fraction of sp³-hybridized carbons (Fsp3) is 0.524. The van der Waals surface area contributed by atoms with Crippen LogP contribution in [-0.2, 0) is 14.3 Å². The Balaban J connectivity index is 1.33. The number of thiophene rings is 1. The molecule has 0 aliphatic carbocycles. The lowest BCUT2D eigenvalue weighted by Gasteiger charge is -2.34. The first-order valence-corrected chi connectivity index (χ1v) is 12.6. The van der Waals surface area contributed by atoms with Gasteiger partial charge in [0.2, 0.25) is 5.91 Å². The number of ether oxygens (including phenoxy) is 1. The van der Waals surface area contributed by atoms with Crippen molar-refractivity contribution in [1.82, 2.24) is 14.7 Å². The second-order valence-electron chi connectivity index (χ2n) is 7.23. The average molecular weight is 482 g/mol. The summed E-state index contributed by atoms with van der Waals surface area (Å²) in [6.45, 7) is 4.84. The maximum Gasteiger partial charge on any atom is 0.409 e. The van der Waals surface area contributed by atoms with E-state index in [-0.39, 0.29) is 17.9 Å². The monoisotopic (exact) mass is 481 g/mol. The number of hydrogen-bond acceptors (Lipinski definition) is 7. The topological polar surface area (TPSA) is 70.2 Å². The summed E-state index contributed by atoms with van der Waals surface area (Å²) >= 11 is 8.31. The van der Waals surface area contributed by atoms with E-state index in [9.17, 15) is 14.4 Å². The van der Waals surface area contributed by atoms with Crippen molar-refractivity contribution in [2.75, 3.05) is 39.3 Å². The first-order chi connectivity index (χ1) is 15.0. The van der Waals surface area contributed by atoms with Crippen molar-refractivity contribution < 1.29 is 19.1 Å². The third-order valence-corrected chi connectivity index (χ3v) is 7.32. The number of carbonyl (C=O) groups excluding carboxylic acids is 3. The van der Waals surface area contributed by atoms with E-state index in [2.05, 4.69) is 0 Å². The Morgan fingerprint density at radius 3 is 2.58 bits per heavy atom. The second kappa shape index (κ2) is 11.6. The van der Waals surface area contributed by atoms with Gasteiger partial charge >= 0.3 is 6.09 Å². The number of amides is 3. The smallest absolute Gasteiger partial charge is 0.409 e. The van der Waals surface area contributed by atoms with Gasteiger partial charge in [0.1, 0.15) is 4.32 Å². The van der Waals surface area contributed by atoms with Gasteiger partial charge in [0.25, 0.3) is 5.91 Å². The fourth-order valence-corrected chi connectivity index (χ4v) is 5.46. The Morgan fingerprint density at radius 1 is 1.16 bits per heavy atom. The molecule has 3 rings (SSSR count). The molecule has 1 aromatic rings. The van der Waals surface area contributed by atoms with Crippen LogP contribution in [0.3, 0.4) is 0 Å². The van der Waals surface area contributed by atoms with Gasteiger partial charge in [0, 0.05) is 44.0 Å². The van der Waals surface area contributed by atoms with Crippen LogP contribution in [-0.4, -0.2) is 76.3 Å². The van der Waals surface area contributed by atoms with Gasteiger partial charge in [-0.05, 0) is 37.3 Å². The minimum absolute atomic E-state index is 0.0288. The molecule has 0 bridgehead atoms. The van der Waals surface area contributed by atoms with Crippen molar-refractivity contribution in [3.8, 4) is 0 Å². The summed E-state index contributed by atoms with van der Waals surface area (Å²) in [5.41, 5.74) is 0. The molecule has 2 saturated heterocycles. The van der Waals surface area contributed by atoms with Gasteiger partial charge in [-0.25, -0.2) is 4.79 Å². The molecule has 10 heteroatoms. The van der Waals surface area contributed by atoms with Crippen LogP contribution in [0, 0.1) is 0 Å². The molecule has 0 saturated carbocycles. The summed E-state index contributed by atoms with van der Waals surface area (Å²) in [5.74, 6) is 0.0898. The molecule has 31 heavy (non-hydrogen) atoms. The van der Waals surface area contributed by atoms with Gasteiger partial charge in [-0.1, -0.05) is 36.5 Å². The number of piperazine rings is 1. The highest BCUT2D eigenvalue weighted by Gasteiger charge is 2.31. The lowest BCUT2D eigenvalue weighted by atomic mass is 10.1. The van der Waals surface area contributed by atoms with Gasteiger partial charge in [-0.2, -0.15) is 0 Å². The van der Waals surface area contributed by atoms with Crippen LogP contribution in [0.2, 0.25) is 0 Å². The number of thiocarbonyl (C=S) groups is 1. The molecule has 0 radical (unpaired) electrons. The molecular weight excluding hydrogens is 454 g/mol. The number of hydrogen-bond donors (Lipinski definition) is 0. The van der Waals surface area contributed by atoms with Crippen molar-refractivity contribution in [2.45, 2.75) is 32.6 Å². The van der Waals surface area contributed by atoms with E-state index in [1.807, 2.05) is 28.5 Å². The molecule has 7 nitrogen and oxygen atoms in total. The quantitative estimate of drug-likeness (QED) is 0.320. The first-order valence-electron chi connectivity index (χ1n) is 10.5. The predicted molar refractivity (Wildman–Crippen MR) is 128 cm³/mol. The van der Waals surface area contributed by atoms with E-state index >= 15 is 0 Å². The van der Waals surface area contributed by atoms with Gasteiger partial charge in [-0.3, -0.25) is 14.5 Å². The molecule has 2 aliphatic rings. The van der Waals surface area contributed by atoms with Crippen LogP contribution in [0.4, 0.5) is 4.79 Å². The van der Waals surface area contributed by atoms with E-state index in [1.54, 1.807) is 28.1 Å². The summed E-state index contributed by atoms with van der Waals surface area (Å²) in [6.07, 6.45) is 4.51. The zero-order chi connectivity index (χ0) is 22.2. The summed E-state index contributed by atoms with van der Waals surface area (Å²) in [5, 5.41) is 1.98. The lowest BCUT2D eigenvalue weighted by Crippen LogP contribution is -2.50. The first kappa shape index (κ1) is 23.7. The second-order valence-corrected chi connectivity index (χ2v) is 9.88. The average Bonchev–Trinajstić information content (AvgIpc) is 3.37. The third-order valence-electron chi connectivity index (χ3n) is 5.12. The van der Waals surface area contributed by atoms with Crippen LogP contribution < -0.4 is 0 Å². The van der Waals surface area contributed by atoms with Gasteiger partial charge < -0.3 is 14.5 Å². The Morgan fingerprint density at radius 2 is 1.90 bits per heavy atom. The molecular formula is C21H27N3O4S3. The van der Waals surface area contributed by atoms with Crippen LogP contribution in [0.1, 0.15) is 37.5 Å². The SMILES string of the molecule is CCOC(=O)N1CCN(C(=O)CCCCCN2C(=O)/C(=C\c3cccs3)SC2=S)CC1. The maximum atomic E-state index is 12.6. The largest absolute Gasteiger partial charge is 0.450 e. The zero-order valence-corrected chi connectivity index (χ0v) is 20.0. The van der Waals surface area contributed by atoms with Crippen molar-refractivity contribution in [1.29, 1.82) is 0 Å². The molecule has 168 valence electrons. The molecule has 0 spiro atoms. The Bertz CT molecular complexity index is 833. The minimum atomic E-state index is -0.310. The predicted octanol–water partition coefficient (Wildman–Crippen LogP) is 3.81. The number of unbranched alkanes of at least 4 members (excludes halogenated alkanes) is 2. The van der Waals surface area contributed by atoms with Crippen molar-refractivity contribution >= 4 is 63.6 Å². The van der Waals surface area contributed by atoms with Gasteiger partial charge in [-0.15, -0.1) is 11.3 Å². The van der Waals surface area contributed by atoms with E-state index in [4.69, 9.17) is 17.0 Å². The number of nitrogens with zero attached hydrogens (tertiary/aromatic N) is 3. The van der Waals surface area contributed by atoms with E-state index in [0.717, 1.165) is 24.1 Å². The van der Waals surface area contributed by atoms with Crippen molar-refractivity contribution in [3.05, 3.63) is 27.3 Å². The highest BCUT2D eigenvalue weighted by atomic mass is 32.2. The number of thioether (sulfide) groups is 1. The van der Waals surface area contributed by atoms with E-state index in [1.165, 1.54) is 11.8 Å². The number of carbonyl (C=O) groups is 3. The van der Waals surface area contributed by atoms with Crippen LogP contribution in [0.5, 0.6) is 0 Å². The van der Waals surface area contributed by atoms with Crippen molar-refractivity contribution in [3.63, 3.8) is 0 Å². The summed E-state index contributed by atoms with van der Waals surface area (Å²) in [4.78, 5) is 43.6. The molecule has 3 heterocycles. The highest BCUT2D eigenvalue weighted by Crippen LogP contribution is 2.33. The Labute approximate surface area is 196 Å². The number of rotatable bonds is 8. The Kier molecular flexibility index (Phi) is 8.91.